The second-order valence-corrected chi connectivity index (χ2v) is 10.0. The fraction of sp³-hybridized carbons (Fsp3) is 0.281. The Kier molecular flexibility index (Phi) is 8.09. The van der Waals surface area contributed by atoms with Crippen molar-refractivity contribution < 1.29 is 4.79 Å². The van der Waals surface area contributed by atoms with Gasteiger partial charge in [-0.3, -0.25) is 4.79 Å². The predicted molar refractivity (Wildman–Crippen MR) is 156 cm³/mol. The number of benzene rings is 3. The van der Waals surface area contributed by atoms with Gasteiger partial charge >= 0.3 is 0 Å². The van der Waals surface area contributed by atoms with Gasteiger partial charge in [0.2, 0.25) is 0 Å². The van der Waals surface area contributed by atoms with Gasteiger partial charge < -0.3 is 25.0 Å². The highest BCUT2D eigenvalue weighted by molar-refractivity contribution is 6.06. The van der Waals surface area contributed by atoms with Crippen LogP contribution in [0.5, 0.6) is 0 Å². The van der Waals surface area contributed by atoms with Gasteiger partial charge in [0.05, 0.1) is 12.1 Å². The highest BCUT2D eigenvalue weighted by atomic mass is 16.2. The van der Waals surface area contributed by atoms with Gasteiger partial charge in [-0.2, -0.15) is 0 Å². The van der Waals surface area contributed by atoms with Crippen molar-refractivity contribution in [2.24, 2.45) is 0 Å². The van der Waals surface area contributed by atoms with Crippen LogP contribution in [0.4, 0.5) is 0 Å². The number of carbonyl (C=O) groups is 1. The minimum Gasteiger partial charge on any atom is -0.393 e. The van der Waals surface area contributed by atoms with E-state index in [1.807, 2.05) is 30.4 Å². The van der Waals surface area contributed by atoms with Gasteiger partial charge in [0, 0.05) is 69.6 Å². The summed E-state index contributed by atoms with van der Waals surface area (Å²) in [4.78, 5) is 18.1. The maximum Gasteiger partial charge on any atom is 0.256 e. The zero-order chi connectivity index (χ0) is 26.3. The summed E-state index contributed by atoms with van der Waals surface area (Å²) in [5.41, 5.74) is 5.22. The van der Waals surface area contributed by atoms with Crippen LogP contribution in [0.1, 0.15) is 15.9 Å². The van der Waals surface area contributed by atoms with Crippen LogP contribution in [0.3, 0.4) is 0 Å². The van der Waals surface area contributed by atoms with E-state index in [0.29, 0.717) is 6.54 Å². The zero-order valence-corrected chi connectivity index (χ0v) is 22.4. The average Bonchev–Trinajstić information content (AvgIpc) is 3.37. The van der Waals surface area contributed by atoms with Crippen molar-refractivity contribution >= 4 is 16.7 Å². The summed E-state index contributed by atoms with van der Waals surface area (Å²) in [7, 11) is 4.03. The summed E-state index contributed by atoms with van der Waals surface area (Å²) in [5.74, 6) is 0.107. The molecule has 1 fully saturated rings. The van der Waals surface area contributed by atoms with Crippen molar-refractivity contribution in [3.8, 4) is 11.1 Å². The molecule has 5 rings (SSSR count). The van der Waals surface area contributed by atoms with Crippen LogP contribution in [0.2, 0.25) is 0 Å². The molecule has 1 aromatic heterocycles. The standard InChI is InChI=1S/C32H37N5O/c1-33-21-27(34-16-15-25-9-4-3-5-10-25)22-36-23-30(29-14-8-12-26-11-6-7-13-28(26)29)31(24-36)32(38)37-19-17-35(2)18-20-37/h3-14,21,23-24,33-34H,15-20,22H2,1-2H3/b27-21-. The first-order valence-electron chi connectivity index (χ1n) is 13.4. The van der Waals surface area contributed by atoms with Gasteiger partial charge in [-0.15, -0.1) is 0 Å². The van der Waals surface area contributed by atoms with E-state index in [1.165, 1.54) is 10.9 Å². The molecule has 0 bridgehead atoms. The van der Waals surface area contributed by atoms with E-state index in [-0.39, 0.29) is 5.91 Å². The Labute approximate surface area is 225 Å². The van der Waals surface area contributed by atoms with Crippen molar-refractivity contribution in [3.63, 3.8) is 0 Å². The average molecular weight is 508 g/mol. The molecule has 38 heavy (non-hydrogen) atoms. The van der Waals surface area contributed by atoms with Crippen LogP contribution in [-0.2, 0) is 13.0 Å². The summed E-state index contributed by atoms with van der Waals surface area (Å²) in [6.07, 6.45) is 7.11. The maximum absolute atomic E-state index is 13.8. The van der Waals surface area contributed by atoms with Gasteiger partial charge in [-0.25, -0.2) is 0 Å². The lowest BCUT2D eigenvalue weighted by atomic mass is 9.97. The first kappa shape index (κ1) is 25.6. The molecule has 0 spiro atoms. The number of carbonyl (C=O) groups excluding carboxylic acids is 1. The minimum absolute atomic E-state index is 0.107. The molecule has 6 heteroatoms. The van der Waals surface area contributed by atoms with E-state index >= 15 is 0 Å². The monoisotopic (exact) mass is 507 g/mol. The van der Waals surface area contributed by atoms with Crippen molar-refractivity contribution in [2.45, 2.75) is 13.0 Å². The molecule has 6 nitrogen and oxygen atoms in total. The van der Waals surface area contributed by atoms with Gasteiger partial charge in [0.25, 0.3) is 5.91 Å². The predicted octanol–water partition coefficient (Wildman–Crippen LogP) is 4.59. The molecule has 4 aromatic rings. The van der Waals surface area contributed by atoms with Gasteiger partial charge in [-0.05, 0) is 35.4 Å². The van der Waals surface area contributed by atoms with Crippen LogP contribution in [0.15, 0.2) is 97.1 Å². The number of likely N-dealkylation sites (N-methyl/N-ethyl adjacent to an activating group) is 1. The number of hydrogen-bond acceptors (Lipinski definition) is 4. The lowest BCUT2D eigenvalue weighted by Crippen LogP contribution is -2.47. The SMILES string of the molecule is CN/C=C(/Cn1cc(C(=O)N2CCN(C)CC2)c(-c2cccc3ccccc23)c1)NCCc1ccccc1. The van der Waals surface area contributed by atoms with E-state index < -0.39 is 0 Å². The summed E-state index contributed by atoms with van der Waals surface area (Å²) < 4.78 is 2.14. The molecule has 0 radical (unpaired) electrons. The third-order valence-electron chi connectivity index (χ3n) is 7.26. The molecule has 0 aliphatic carbocycles. The molecule has 2 N–H and O–H groups in total. The van der Waals surface area contributed by atoms with Crippen LogP contribution in [0, 0.1) is 0 Å². The molecular weight excluding hydrogens is 470 g/mol. The quantitative estimate of drug-likeness (QED) is 0.348. The third-order valence-corrected chi connectivity index (χ3v) is 7.26. The first-order chi connectivity index (χ1) is 18.6. The number of rotatable bonds is 9. The van der Waals surface area contributed by atoms with E-state index in [2.05, 4.69) is 100 Å². The minimum atomic E-state index is 0.107. The topological polar surface area (TPSA) is 52.5 Å². The zero-order valence-electron chi connectivity index (χ0n) is 22.4. The van der Waals surface area contributed by atoms with Gasteiger partial charge in [0.1, 0.15) is 0 Å². The Morgan fingerprint density at radius 2 is 1.61 bits per heavy atom. The molecule has 3 aromatic carbocycles. The number of piperazine rings is 1. The largest absolute Gasteiger partial charge is 0.393 e. The molecule has 196 valence electrons. The van der Waals surface area contributed by atoms with Crippen LogP contribution < -0.4 is 10.6 Å². The van der Waals surface area contributed by atoms with E-state index in [9.17, 15) is 4.79 Å². The van der Waals surface area contributed by atoms with Gasteiger partial charge in [-0.1, -0.05) is 72.8 Å². The molecule has 1 aliphatic heterocycles. The molecule has 0 saturated carbocycles. The Bertz CT molecular complexity index is 1390. The lowest BCUT2D eigenvalue weighted by molar-refractivity contribution is 0.0665. The third kappa shape index (κ3) is 5.92. The fourth-order valence-electron chi connectivity index (χ4n) is 5.16. The number of nitrogens with one attached hydrogen (secondary N) is 2. The van der Waals surface area contributed by atoms with Crippen molar-refractivity contribution in [1.29, 1.82) is 0 Å². The molecule has 2 heterocycles. The second-order valence-electron chi connectivity index (χ2n) is 10.0. The number of aromatic nitrogens is 1. The Morgan fingerprint density at radius 3 is 2.39 bits per heavy atom. The molecular formula is C32H37N5O. The highest BCUT2D eigenvalue weighted by Crippen LogP contribution is 2.33. The maximum atomic E-state index is 13.8. The lowest BCUT2D eigenvalue weighted by Gasteiger charge is -2.32. The van der Waals surface area contributed by atoms with Crippen LogP contribution >= 0.6 is 0 Å². The number of hydrogen-bond donors (Lipinski definition) is 2. The Morgan fingerprint density at radius 1 is 0.868 bits per heavy atom. The highest BCUT2D eigenvalue weighted by Gasteiger charge is 2.25. The van der Waals surface area contributed by atoms with E-state index in [4.69, 9.17) is 0 Å². The number of amides is 1. The summed E-state index contributed by atoms with van der Waals surface area (Å²) in [6, 6.07) is 25.2. The molecule has 1 saturated heterocycles. The van der Waals surface area contributed by atoms with Gasteiger partial charge in [0.15, 0.2) is 0 Å². The molecule has 0 unspecified atom stereocenters. The van der Waals surface area contributed by atoms with Crippen molar-refractivity contribution in [3.05, 3.63) is 108 Å². The summed E-state index contributed by atoms with van der Waals surface area (Å²) >= 11 is 0. The smallest absolute Gasteiger partial charge is 0.256 e. The number of fused-ring (bicyclic) bond motifs is 1. The van der Waals surface area contributed by atoms with Crippen LogP contribution in [0.25, 0.3) is 21.9 Å². The normalized spacial score (nSPS) is 14.6. The molecule has 1 aliphatic rings. The second kappa shape index (κ2) is 12.0. The Hall–Kier alpha value is -4.03. The van der Waals surface area contributed by atoms with Crippen LogP contribution in [-0.4, -0.2) is 67.1 Å². The van der Waals surface area contributed by atoms with E-state index in [1.54, 1.807) is 0 Å². The Balaban J connectivity index is 1.44. The number of nitrogens with zero attached hydrogens (tertiary/aromatic N) is 3. The van der Waals surface area contributed by atoms with Crippen molar-refractivity contribution in [1.82, 2.24) is 25.0 Å². The summed E-state index contributed by atoms with van der Waals surface area (Å²) in [6.45, 7) is 4.78. The van der Waals surface area contributed by atoms with E-state index in [0.717, 1.165) is 66.9 Å². The fourth-order valence-corrected chi connectivity index (χ4v) is 5.16. The number of allylic oxidation sites excluding steroid dienone is 1. The van der Waals surface area contributed by atoms with Crippen molar-refractivity contribution in [2.75, 3.05) is 46.8 Å². The summed E-state index contributed by atoms with van der Waals surface area (Å²) in [5, 5.41) is 9.10. The molecule has 0 atom stereocenters. The molecule has 1 amide bonds. The first-order valence-corrected chi connectivity index (χ1v) is 13.4.